The summed E-state index contributed by atoms with van der Waals surface area (Å²) in [5, 5.41) is 9.34. The quantitative estimate of drug-likeness (QED) is 0.553. The van der Waals surface area contributed by atoms with Crippen LogP contribution in [-0.2, 0) is 20.0 Å². The molecule has 0 unspecified atom stereocenters. The van der Waals surface area contributed by atoms with E-state index in [0.29, 0.717) is 0 Å². The van der Waals surface area contributed by atoms with E-state index in [0.717, 1.165) is 6.26 Å². The smallest absolute Gasteiger partial charge is 0.243 e. The SMILES string of the molecule is CS(=O)(=O)N1CCN(S(=O)(=O)c2ccc(O)c(N)c2)CC1. The Morgan fingerprint density at radius 2 is 1.57 bits per heavy atom. The van der Waals surface area contributed by atoms with Crippen LogP contribution >= 0.6 is 0 Å². The van der Waals surface area contributed by atoms with Crippen LogP contribution in [0.2, 0.25) is 0 Å². The van der Waals surface area contributed by atoms with Crippen LogP contribution in [0, 0.1) is 0 Å². The molecule has 1 aromatic rings. The summed E-state index contributed by atoms with van der Waals surface area (Å²) in [7, 11) is -7.06. The lowest BCUT2D eigenvalue weighted by atomic mass is 10.3. The molecule has 3 N–H and O–H groups in total. The molecular formula is C11H17N3O5S2. The molecule has 0 amide bonds. The van der Waals surface area contributed by atoms with Crippen molar-refractivity contribution in [3.63, 3.8) is 0 Å². The van der Waals surface area contributed by atoms with E-state index >= 15 is 0 Å². The summed E-state index contributed by atoms with van der Waals surface area (Å²) < 4.78 is 50.1. The van der Waals surface area contributed by atoms with E-state index in [2.05, 4.69) is 0 Å². The standard InChI is InChI=1S/C11H17N3O5S2/c1-20(16,17)13-4-6-14(7-5-13)21(18,19)9-2-3-11(15)10(12)8-9/h2-3,8,15H,4-7,12H2,1H3. The molecule has 0 aliphatic carbocycles. The predicted octanol–water partition coefficient (Wildman–Crippen LogP) is -0.760. The van der Waals surface area contributed by atoms with Crippen molar-refractivity contribution < 1.29 is 21.9 Å². The van der Waals surface area contributed by atoms with Gasteiger partial charge in [-0.2, -0.15) is 8.61 Å². The summed E-state index contributed by atoms with van der Waals surface area (Å²) in [6.07, 6.45) is 1.10. The largest absolute Gasteiger partial charge is 0.506 e. The fourth-order valence-electron chi connectivity index (χ4n) is 2.08. The van der Waals surface area contributed by atoms with Gasteiger partial charge in [0.25, 0.3) is 0 Å². The predicted molar refractivity (Wildman–Crippen MR) is 77.7 cm³/mol. The van der Waals surface area contributed by atoms with Crippen LogP contribution in [0.25, 0.3) is 0 Å². The average Bonchev–Trinajstić information content (AvgIpc) is 2.41. The van der Waals surface area contributed by atoms with Crippen molar-refractivity contribution in [2.45, 2.75) is 4.90 Å². The molecule has 0 spiro atoms. The molecule has 0 bridgehead atoms. The molecule has 0 atom stereocenters. The van der Waals surface area contributed by atoms with Crippen LogP contribution in [0.4, 0.5) is 5.69 Å². The van der Waals surface area contributed by atoms with Crippen LogP contribution in [0.15, 0.2) is 23.1 Å². The Kier molecular flexibility index (Phi) is 4.15. The van der Waals surface area contributed by atoms with Crippen molar-refractivity contribution in [1.82, 2.24) is 8.61 Å². The lowest BCUT2D eigenvalue weighted by molar-refractivity contribution is 0.274. The van der Waals surface area contributed by atoms with Crippen LogP contribution in [0.1, 0.15) is 0 Å². The summed E-state index contributed by atoms with van der Waals surface area (Å²) in [5.74, 6) is -0.184. The highest BCUT2D eigenvalue weighted by molar-refractivity contribution is 7.89. The zero-order valence-electron chi connectivity index (χ0n) is 11.4. The van der Waals surface area contributed by atoms with Crippen molar-refractivity contribution in [2.24, 2.45) is 0 Å². The number of hydrogen-bond acceptors (Lipinski definition) is 6. The maximum atomic E-state index is 12.4. The van der Waals surface area contributed by atoms with Gasteiger partial charge in [0.05, 0.1) is 16.8 Å². The molecular weight excluding hydrogens is 318 g/mol. The van der Waals surface area contributed by atoms with E-state index in [1.807, 2.05) is 0 Å². The number of sulfonamides is 2. The molecule has 8 nitrogen and oxygen atoms in total. The van der Waals surface area contributed by atoms with E-state index in [4.69, 9.17) is 5.73 Å². The molecule has 10 heteroatoms. The number of rotatable bonds is 3. The zero-order chi connectivity index (χ0) is 15.8. The Morgan fingerprint density at radius 3 is 2.05 bits per heavy atom. The van der Waals surface area contributed by atoms with Crippen LogP contribution in [0.3, 0.4) is 0 Å². The third-order valence-electron chi connectivity index (χ3n) is 3.30. The number of phenols is 1. The van der Waals surface area contributed by atoms with Gasteiger partial charge in [-0.15, -0.1) is 0 Å². The van der Waals surface area contributed by atoms with Gasteiger partial charge in [0, 0.05) is 26.2 Å². The summed E-state index contributed by atoms with van der Waals surface area (Å²) in [5.41, 5.74) is 5.48. The minimum atomic E-state index is -3.75. The molecule has 0 radical (unpaired) electrons. The van der Waals surface area contributed by atoms with Gasteiger partial charge in [-0.25, -0.2) is 16.8 Å². The van der Waals surface area contributed by atoms with Crippen molar-refractivity contribution >= 4 is 25.7 Å². The van der Waals surface area contributed by atoms with Crippen LogP contribution in [-0.4, -0.2) is 63.0 Å². The highest BCUT2D eigenvalue weighted by atomic mass is 32.2. The van der Waals surface area contributed by atoms with Gasteiger partial charge in [0.1, 0.15) is 5.75 Å². The second-order valence-electron chi connectivity index (χ2n) is 4.79. The maximum Gasteiger partial charge on any atom is 0.243 e. The van der Waals surface area contributed by atoms with Gasteiger partial charge in [0.2, 0.25) is 20.0 Å². The number of nitrogens with two attached hydrogens (primary N) is 1. The van der Waals surface area contributed by atoms with Gasteiger partial charge in [-0.05, 0) is 18.2 Å². The van der Waals surface area contributed by atoms with E-state index in [1.54, 1.807) is 0 Å². The minimum Gasteiger partial charge on any atom is -0.506 e. The number of aromatic hydroxyl groups is 1. The van der Waals surface area contributed by atoms with Gasteiger partial charge in [-0.3, -0.25) is 0 Å². The molecule has 1 aliphatic rings. The molecule has 0 aromatic heterocycles. The molecule has 1 aliphatic heterocycles. The molecule has 0 saturated carbocycles. The Hall–Kier alpha value is -1.36. The number of nitrogens with zero attached hydrogens (tertiary/aromatic N) is 2. The average molecular weight is 335 g/mol. The Bertz CT molecular complexity index is 737. The minimum absolute atomic E-state index is 0.0224. The third-order valence-corrected chi connectivity index (χ3v) is 6.50. The van der Waals surface area contributed by atoms with Gasteiger partial charge in [0.15, 0.2) is 0 Å². The number of piperazine rings is 1. The first-order chi connectivity index (χ1) is 9.62. The topological polar surface area (TPSA) is 121 Å². The van der Waals surface area contributed by atoms with Crippen molar-refractivity contribution in [3.8, 4) is 5.75 Å². The Morgan fingerprint density at radius 1 is 1.05 bits per heavy atom. The number of benzene rings is 1. The number of hydrogen-bond donors (Lipinski definition) is 2. The first kappa shape index (κ1) is 16.0. The van der Waals surface area contributed by atoms with Gasteiger partial charge in [-0.1, -0.05) is 0 Å². The van der Waals surface area contributed by atoms with Gasteiger partial charge >= 0.3 is 0 Å². The van der Waals surface area contributed by atoms with Crippen molar-refractivity contribution in [1.29, 1.82) is 0 Å². The van der Waals surface area contributed by atoms with Crippen molar-refractivity contribution in [3.05, 3.63) is 18.2 Å². The highest BCUT2D eigenvalue weighted by Crippen LogP contribution is 2.26. The van der Waals surface area contributed by atoms with Gasteiger partial charge < -0.3 is 10.8 Å². The molecule has 1 saturated heterocycles. The zero-order valence-corrected chi connectivity index (χ0v) is 13.1. The van der Waals surface area contributed by atoms with Crippen LogP contribution < -0.4 is 5.73 Å². The highest BCUT2D eigenvalue weighted by Gasteiger charge is 2.31. The monoisotopic (exact) mass is 335 g/mol. The number of anilines is 1. The van der Waals surface area contributed by atoms with E-state index in [1.165, 1.54) is 26.8 Å². The number of phenolic OH excluding ortho intramolecular Hbond substituents is 1. The fourth-order valence-corrected chi connectivity index (χ4v) is 4.37. The second kappa shape index (κ2) is 5.44. The summed E-state index contributed by atoms with van der Waals surface area (Å²) in [6.45, 7) is 0.392. The lowest BCUT2D eigenvalue weighted by Gasteiger charge is -2.32. The summed E-state index contributed by atoms with van der Waals surface area (Å²) >= 11 is 0. The second-order valence-corrected chi connectivity index (χ2v) is 8.71. The maximum absolute atomic E-state index is 12.4. The summed E-state index contributed by atoms with van der Waals surface area (Å²) in [4.78, 5) is -0.0226. The lowest BCUT2D eigenvalue weighted by Crippen LogP contribution is -2.50. The Labute approximate surface area is 123 Å². The normalized spacial score (nSPS) is 18.7. The van der Waals surface area contributed by atoms with Crippen LogP contribution in [0.5, 0.6) is 5.75 Å². The first-order valence-corrected chi connectivity index (χ1v) is 9.45. The van der Waals surface area contributed by atoms with E-state index in [9.17, 15) is 21.9 Å². The molecule has 21 heavy (non-hydrogen) atoms. The molecule has 1 fully saturated rings. The molecule has 1 aromatic carbocycles. The third kappa shape index (κ3) is 3.28. The molecule has 2 rings (SSSR count). The van der Waals surface area contributed by atoms with E-state index in [-0.39, 0.29) is 42.5 Å². The first-order valence-electron chi connectivity index (χ1n) is 6.16. The fraction of sp³-hybridized carbons (Fsp3) is 0.455. The summed E-state index contributed by atoms with van der Waals surface area (Å²) in [6, 6.07) is 3.67. The van der Waals surface area contributed by atoms with E-state index < -0.39 is 20.0 Å². The number of nitrogen functional groups attached to an aromatic ring is 1. The molecule has 118 valence electrons. The Balaban J connectivity index is 2.20. The van der Waals surface area contributed by atoms with Crippen molar-refractivity contribution in [2.75, 3.05) is 38.2 Å². The molecule has 1 heterocycles.